The van der Waals surface area contributed by atoms with Gasteiger partial charge in [0.2, 0.25) is 5.91 Å². The molecule has 22 heavy (non-hydrogen) atoms. The van der Waals surface area contributed by atoms with E-state index in [2.05, 4.69) is 0 Å². The molecule has 0 radical (unpaired) electrons. The molecule has 3 aliphatic rings. The first kappa shape index (κ1) is 15.5. The fourth-order valence-electron chi connectivity index (χ4n) is 3.86. The molecule has 0 bridgehead atoms. The van der Waals surface area contributed by atoms with Crippen molar-refractivity contribution in [3.8, 4) is 0 Å². The lowest BCUT2D eigenvalue weighted by atomic mass is 10.0. The van der Waals surface area contributed by atoms with E-state index in [9.17, 15) is 14.7 Å². The summed E-state index contributed by atoms with van der Waals surface area (Å²) in [7, 11) is 0. The lowest BCUT2D eigenvalue weighted by molar-refractivity contribution is -0.134. The Balaban J connectivity index is 1.65. The smallest absolute Gasteiger partial charge is 0.417 e. The first-order valence-corrected chi connectivity index (χ1v) is 8.53. The summed E-state index contributed by atoms with van der Waals surface area (Å²) in [5.74, 6) is 0.268. The van der Waals surface area contributed by atoms with E-state index < -0.39 is 18.2 Å². The minimum Gasteiger partial charge on any atom is -0.447 e. The highest BCUT2D eigenvalue weighted by Gasteiger charge is 2.43. The molecule has 5 heteroatoms. The molecular weight excluding hydrogens is 282 g/mol. The number of carbonyl (C=O) groups excluding carboxylic acids is 2. The van der Waals surface area contributed by atoms with E-state index in [1.165, 1.54) is 17.7 Å². The second-order valence-electron chi connectivity index (χ2n) is 6.75. The van der Waals surface area contributed by atoms with E-state index in [0.717, 1.165) is 38.5 Å². The SMILES string of the molecule is O=C1OC[C@@H]([C@H](O)/C=C/C2CCCC2)N1C(=O)C1CCCC1. The van der Waals surface area contributed by atoms with Gasteiger partial charge in [-0.2, -0.15) is 0 Å². The molecule has 0 spiro atoms. The monoisotopic (exact) mass is 307 g/mol. The van der Waals surface area contributed by atoms with E-state index >= 15 is 0 Å². The summed E-state index contributed by atoms with van der Waals surface area (Å²) in [6, 6.07) is -0.571. The fourth-order valence-corrected chi connectivity index (χ4v) is 3.86. The average molecular weight is 307 g/mol. The van der Waals surface area contributed by atoms with Crippen molar-refractivity contribution in [3.63, 3.8) is 0 Å². The van der Waals surface area contributed by atoms with Crippen LogP contribution in [-0.2, 0) is 9.53 Å². The van der Waals surface area contributed by atoms with Crippen molar-refractivity contribution in [3.05, 3.63) is 12.2 Å². The lowest BCUT2D eigenvalue weighted by Crippen LogP contribution is -2.47. The molecule has 5 nitrogen and oxygen atoms in total. The number of imide groups is 1. The Morgan fingerprint density at radius 3 is 2.50 bits per heavy atom. The molecule has 122 valence electrons. The zero-order valence-electron chi connectivity index (χ0n) is 12.9. The van der Waals surface area contributed by atoms with Crippen LogP contribution in [0.4, 0.5) is 4.79 Å². The Hall–Kier alpha value is -1.36. The zero-order chi connectivity index (χ0) is 15.5. The fraction of sp³-hybridized carbons (Fsp3) is 0.765. The predicted molar refractivity (Wildman–Crippen MR) is 81.0 cm³/mol. The van der Waals surface area contributed by atoms with Gasteiger partial charge in [-0.15, -0.1) is 0 Å². The van der Waals surface area contributed by atoms with Crippen LogP contribution in [0.3, 0.4) is 0 Å². The molecule has 2 atom stereocenters. The van der Waals surface area contributed by atoms with E-state index in [1.807, 2.05) is 6.08 Å². The van der Waals surface area contributed by atoms with Crippen LogP contribution in [-0.4, -0.2) is 40.8 Å². The van der Waals surface area contributed by atoms with Gasteiger partial charge >= 0.3 is 6.09 Å². The molecular formula is C17H25NO4. The van der Waals surface area contributed by atoms with E-state index in [-0.39, 0.29) is 18.4 Å². The Morgan fingerprint density at radius 1 is 1.18 bits per heavy atom. The highest BCUT2D eigenvalue weighted by molar-refractivity contribution is 5.95. The number of cyclic esters (lactones) is 1. The summed E-state index contributed by atoms with van der Waals surface area (Å²) >= 11 is 0. The van der Waals surface area contributed by atoms with E-state index in [1.54, 1.807) is 6.08 Å². The number of amides is 2. The molecule has 1 N–H and O–H groups in total. The Bertz CT molecular complexity index is 450. The topological polar surface area (TPSA) is 66.8 Å². The molecule has 2 amide bonds. The number of hydrogen-bond donors (Lipinski definition) is 1. The molecule has 0 aromatic rings. The van der Waals surface area contributed by atoms with Crippen LogP contribution >= 0.6 is 0 Å². The highest BCUT2D eigenvalue weighted by atomic mass is 16.6. The molecule has 0 aromatic heterocycles. The minimum atomic E-state index is -0.836. The molecule has 2 saturated carbocycles. The number of aliphatic hydroxyl groups is 1. The third kappa shape index (κ3) is 3.19. The number of hydrogen-bond acceptors (Lipinski definition) is 4. The van der Waals surface area contributed by atoms with Crippen molar-refractivity contribution in [1.29, 1.82) is 0 Å². The molecule has 0 unspecified atom stereocenters. The number of rotatable bonds is 4. The van der Waals surface area contributed by atoms with Gasteiger partial charge in [-0.3, -0.25) is 4.79 Å². The molecule has 1 heterocycles. The third-order valence-corrected chi connectivity index (χ3v) is 5.22. The van der Waals surface area contributed by atoms with E-state index in [4.69, 9.17) is 4.74 Å². The van der Waals surface area contributed by atoms with E-state index in [0.29, 0.717) is 5.92 Å². The summed E-state index contributed by atoms with van der Waals surface area (Å²) < 4.78 is 5.02. The first-order valence-electron chi connectivity index (χ1n) is 8.53. The second-order valence-corrected chi connectivity index (χ2v) is 6.75. The summed E-state index contributed by atoms with van der Waals surface area (Å²) in [5.41, 5.74) is 0. The third-order valence-electron chi connectivity index (χ3n) is 5.22. The number of aliphatic hydroxyl groups excluding tert-OH is 1. The Labute approximate surface area is 131 Å². The van der Waals surface area contributed by atoms with Crippen LogP contribution in [0.25, 0.3) is 0 Å². The number of allylic oxidation sites excluding steroid dienone is 1. The second kappa shape index (κ2) is 6.82. The zero-order valence-corrected chi connectivity index (χ0v) is 12.9. The van der Waals surface area contributed by atoms with Gasteiger partial charge in [-0.1, -0.05) is 37.8 Å². The summed E-state index contributed by atoms with van der Waals surface area (Å²) in [5, 5.41) is 10.4. The van der Waals surface area contributed by atoms with Gasteiger partial charge in [-0.05, 0) is 31.6 Å². The first-order chi connectivity index (χ1) is 10.7. The molecule has 1 saturated heterocycles. The predicted octanol–water partition coefficient (Wildman–Crippen LogP) is 2.63. The summed E-state index contributed by atoms with van der Waals surface area (Å²) in [4.78, 5) is 25.6. The Kier molecular flexibility index (Phi) is 4.81. The Morgan fingerprint density at radius 2 is 1.82 bits per heavy atom. The maximum absolute atomic E-state index is 12.5. The molecule has 1 aliphatic heterocycles. The number of carbonyl (C=O) groups is 2. The van der Waals surface area contributed by atoms with Gasteiger partial charge in [0.05, 0.1) is 6.10 Å². The molecule has 3 rings (SSSR count). The van der Waals surface area contributed by atoms with Gasteiger partial charge < -0.3 is 9.84 Å². The van der Waals surface area contributed by atoms with Gasteiger partial charge in [0.25, 0.3) is 0 Å². The minimum absolute atomic E-state index is 0.0841. The maximum atomic E-state index is 12.5. The van der Waals surface area contributed by atoms with Crippen LogP contribution in [0.2, 0.25) is 0 Å². The van der Waals surface area contributed by atoms with Crippen LogP contribution in [0.15, 0.2) is 12.2 Å². The normalized spacial score (nSPS) is 28.7. The van der Waals surface area contributed by atoms with Gasteiger partial charge in [0, 0.05) is 5.92 Å². The van der Waals surface area contributed by atoms with Crippen molar-refractivity contribution >= 4 is 12.0 Å². The molecule has 3 fully saturated rings. The van der Waals surface area contributed by atoms with Gasteiger partial charge in [0.15, 0.2) is 0 Å². The highest BCUT2D eigenvalue weighted by Crippen LogP contribution is 2.30. The summed E-state index contributed by atoms with van der Waals surface area (Å²) in [6.07, 6.45) is 10.9. The van der Waals surface area contributed by atoms with Gasteiger partial charge in [0.1, 0.15) is 12.6 Å². The number of nitrogens with zero attached hydrogens (tertiary/aromatic N) is 1. The average Bonchev–Trinajstić information content (AvgIpc) is 3.25. The van der Waals surface area contributed by atoms with Gasteiger partial charge in [-0.25, -0.2) is 9.69 Å². The van der Waals surface area contributed by atoms with Crippen LogP contribution in [0, 0.1) is 11.8 Å². The van der Waals surface area contributed by atoms with Crippen molar-refractivity contribution in [1.82, 2.24) is 4.90 Å². The number of ether oxygens (including phenoxy) is 1. The molecule has 2 aliphatic carbocycles. The standard InChI is InChI=1S/C17H25NO4/c19-15(10-9-12-5-1-2-6-12)14-11-22-17(21)18(14)16(20)13-7-3-4-8-13/h9-10,12-15,19H,1-8,11H2/b10-9+/t14-,15+/m0/s1. The summed E-state index contributed by atoms with van der Waals surface area (Å²) in [6.45, 7) is 0.0907. The molecule has 0 aromatic carbocycles. The van der Waals surface area contributed by atoms with Crippen LogP contribution in [0.5, 0.6) is 0 Å². The van der Waals surface area contributed by atoms with Crippen molar-refractivity contribution in [2.45, 2.75) is 63.5 Å². The largest absolute Gasteiger partial charge is 0.447 e. The van der Waals surface area contributed by atoms with Crippen LogP contribution < -0.4 is 0 Å². The maximum Gasteiger partial charge on any atom is 0.417 e. The van der Waals surface area contributed by atoms with Crippen molar-refractivity contribution in [2.75, 3.05) is 6.61 Å². The van der Waals surface area contributed by atoms with Crippen molar-refractivity contribution in [2.24, 2.45) is 11.8 Å². The van der Waals surface area contributed by atoms with Crippen molar-refractivity contribution < 1.29 is 19.4 Å². The lowest BCUT2D eigenvalue weighted by Gasteiger charge is -2.24. The van der Waals surface area contributed by atoms with Crippen LogP contribution in [0.1, 0.15) is 51.4 Å². The quantitative estimate of drug-likeness (QED) is 0.811.